The lowest BCUT2D eigenvalue weighted by molar-refractivity contribution is 0.0528. The Hall–Kier alpha value is -1.50. The fourth-order valence-electron chi connectivity index (χ4n) is 1.19. The molecule has 0 N–H and O–H groups in total. The average Bonchev–Trinajstić information content (AvgIpc) is 2.61. The van der Waals surface area contributed by atoms with Crippen LogP contribution in [0.4, 0.5) is 0 Å². The van der Waals surface area contributed by atoms with Crippen LogP contribution >= 0.6 is 11.3 Å². The molecule has 1 rings (SSSR count). The van der Waals surface area contributed by atoms with Gasteiger partial charge in [-0.3, -0.25) is 0 Å². The molecule has 0 aliphatic heterocycles. The molecule has 8 heteroatoms. The zero-order valence-corrected chi connectivity index (χ0v) is 10.7. The fourth-order valence-corrected chi connectivity index (χ4v) is 3.53. The van der Waals surface area contributed by atoms with Crippen molar-refractivity contribution in [2.45, 2.75) is 18.7 Å². The van der Waals surface area contributed by atoms with Gasteiger partial charge < -0.3 is 4.74 Å². The van der Waals surface area contributed by atoms with Crippen molar-refractivity contribution in [1.29, 1.82) is 0 Å². The van der Waals surface area contributed by atoms with E-state index in [0.29, 0.717) is 5.56 Å². The molecule has 0 fully saturated rings. The number of nitrogens with zero attached hydrogens (tertiary/aromatic N) is 1. The van der Waals surface area contributed by atoms with E-state index in [0.717, 1.165) is 17.4 Å². The molecule has 6 nitrogen and oxygen atoms in total. The van der Waals surface area contributed by atoms with Gasteiger partial charge in [0, 0.05) is 0 Å². The molecule has 1 aromatic rings. The molecule has 0 saturated carbocycles. The van der Waals surface area contributed by atoms with Crippen molar-refractivity contribution >= 4 is 33.4 Å². The van der Waals surface area contributed by atoms with Crippen molar-refractivity contribution in [2.24, 2.45) is 4.40 Å². The molecule has 0 aliphatic rings. The molecule has 0 amide bonds. The molecule has 92 valence electrons. The molecule has 0 spiro atoms. The lowest BCUT2D eigenvalue weighted by atomic mass is 10.3. The van der Waals surface area contributed by atoms with Crippen LogP contribution in [0.25, 0.3) is 0 Å². The maximum atomic E-state index is 11.6. The van der Waals surface area contributed by atoms with E-state index in [1.54, 1.807) is 6.92 Å². The number of aryl methyl sites for hydroxylation is 1. The highest BCUT2D eigenvalue weighted by atomic mass is 32.2. The summed E-state index contributed by atoms with van der Waals surface area (Å²) in [5, 5.41) is 1.49. The second-order valence-corrected chi connectivity index (χ2v) is 5.38. The Morgan fingerprint density at radius 3 is 2.76 bits per heavy atom. The molecule has 0 aromatic carbocycles. The molecule has 0 saturated heterocycles. The first-order valence-corrected chi connectivity index (χ1v) is 6.85. The first kappa shape index (κ1) is 13.6. The largest absolute Gasteiger partial charge is 0.462 e. The van der Waals surface area contributed by atoms with Gasteiger partial charge in [-0.15, -0.1) is 11.3 Å². The van der Waals surface area contributed by atoms with Crippen LogP contribution in [0.1, 0.15) is 22.2 Å². The number of hydrogen-bond acceptors (Lipinski definition) is 6. The number of isocyanates is 1. The Kier molecular flexibility index (Phi) is 4.17. The second-order valence-electron chi connectivity index (χ2n) is 2.96. The topological polar surface area (TPSA) is 89.9 Å². The van der Waals surface area contributed by atoms with E-state index in [4.69, 9.17) is 4.74 Å². The number of thiophene rings is 1. The highest BCUT2D eigenvalue weighted by molar-refractivity contribution is 7.90. The number of hydrogen-bond donors (Lipinski definition) is 0. The first-order chi connectivity index (χ1) is 7.94. The van der Waals surface area contributed by atoms with Crippen molar-refractivity contribution < 1.29 is 22.7 Å². The van der Waals surface area contributed by atoms with Gasteiger partial charge in [-0.25, -0.2) is 9.59 Å². The van der Waals surface area contributed by atoms with Gasteiger partial charge in [-0.05, 0) is 24.8 Å². The highest BCUT2D eigenvalue weighted by Crippen LogP contribution is 2.28. The Bertz CT molecular complexity index is 581. The third-order valence-corrected chi connectivity index (χ3v) is 4.36. The van der Waals surface area contributed by atoms with Crippen LogP contribution in [-0.4, -0.2) is 27.1 Å². The minimum Gasteiger partial charge on any atom is -0.462 e. The molecule has 0 bridgehead atoms. The van der Waals surface area contributed by atoms with E-state index in [1.807, 2.05) is 0 Å². The minimum absolute atomic E-state index is 0.0802. The van der Waals surface area contributed by atoms with Crippen molar-refractivity contribution in [3.63, 3.8) is 0 Å². The summed E-state index contributed by atoms with van der Waals surface area (Å²) < 4.78 is 30.7. The van der Waals surface area contributed by atoms with E-state index < -0.39 is 16.0 Å². The lowest BCUT2D eigenvalue weighted by Crippen LogP contribution is -2.08. The standard InChI is InChI=1S/C9H9NO5S2/c1-3-15-9(12)7-8(6(2)4-16-7)17(13,14)10-5-11/h4H,3H2,1-2H3. The van der Waals surface area contributed by atoms with Gasteiger partial charge in [-0.2, -0.15) is 8.42 Å². The molecule has 0 radical (unpaired) electrons. The Balaban J connectivity index is 3.39. The summed E-state index contributed by atoms with van der Waals surface area (Å²) in [6.45, 7) is 3.24. The zero-order chi connectivity index (χ0) is 13.1. The molecule has 1 heterocycles. The van der Waals surface area contributed by atoms with Gasteiger partial charge in [-0.1, -0.05) is 4.40 Å². The van der Waals surface area contributed by atoms with Gasteiger partial charge >= 0.3 is 5.97 Å². The molecule has 17 heavy (non-hydrogen) atoms. The number of carbonyl (C=O) groups excluding carboxylic acids is 2. The summed E-state index contributed by atoms with van der Waals surface area (Å²) in [6.07, 6.45) is 0.961. The summed E-state index contributed by atoms with van der Waals surface area (Å²) in [4.78, 5) is 21.2. The van der Waals surface area contributed by atoms with Crippen LogP contribution < -0.4 is 0 Å². The molecule has 1 aromatic heterocycles. The van der Waals surface area contributed by atoms with Crippen LogP contribution in [0.3, 0.4) is 0 Å². The van der Waals surface area contributed by atoms with E-state index in [-0.39, 0.29) is 16.4 Å². The van der Waals surface area contributed by atoms with Crippen LogP contribution in [0.15, 0.2) is 14.7 Å². The lowest BCUT2D eigenvalue weighted by Gasteiger charge is -2.02. The number of sulfonamides is 1. The SMILES string of the molecule is CCOC(=O)c1scc(C)c1S(=O)(=O)N=C=O. The van der Waals surface area contributed by atoms with Crippen molar-refractivity contribution in [3.8, 4) is 0 Å². The number of rotatable bonds is 4. The smallest absolute Gasteiger partial charge is 0.349 e. The number of carbonyl (C=O) groups is 1. The Morgan fingerprint density at radius 2 is 2.24 bits per heavy atom. The summed E-state index contributed by atoms with van der Waals surface area (Å²) in [7, 11) is -4.18. The Labute approximate surface area is 102 Å². The minimum atomic E-state index is -4.18. The fraction of sp³-hybridized carbons (Fsp3) is 0.333. The maximum absolute atomic E-state index is 11.6. The van der Waals surface area contributed by atoms with Crippen molar-refractivity contribution in [2.75, 3.05) is 6.61 Å². The average molecular weight is 275 g/mol. The molecular formula is C9H9NO5S2. The third-order valence-electron chi connectivity index (χ3n) is 1.79. The predicted octanol–water partition coefficient (Wildman–Crippen LogP) is 1.26. The van der Waals surface area contributed by atoms with Crippen LogP contribution in [-0.2, 0) is 19.6 Å². The van der Waals surface area contributed by atoms with E-state index in [1.165, 1.54) is 12.3 Å². The quantitative estimate of drug-likeness (QED) is 0.468. The van der Waals surface area contributed by atoms with E-state index in [9.17, 15) is 18.0 Å². The summed E-state index contributed by atoms with van der Waals surface area (Å²) in [5.74, 6) is -0.745. The maximum Gasteiger partial charge on any atom is 0.349 e. The molecular weight excluding hydrogens is 266 g/mol. The predicted molar refractivity (Wildman–Crippen MR) is 60.3 cm³/mol. The van der Waals surface area contributed by atoms with Gasteiger partial charge in [0.1, 0.15) is 9.77 Å². The number of esters is 1. The van der Waals surface area contributed by atoms with Crippen molar-refractivity contribution in [1.82, 2.24) is 0 Å². The zero-order valence-electron chi connectivity index (χ0n) is 9.09. The monoisotopic (exact) mass is 275 g/mol. The summed E-state index contributed by atoms with van der Waals surface area (Å²) >= 11 is 0.933. The molecule has 0 unspecified atom stereocenters. The van der Waals surface area contributed by atoms with Gasteiger partial charge in [0.25, 0.3) is 16.1 Å². The molecule has 0 atom stereocenters. The normalized spacial score (nSPS) is 10.7. The second kappa shape index (κ2) is 5.22. The van der Waals surface area contributed by atoms with Crippen LogP contribution in [0.2, 0.25) is 0 Å². The first-order valence-electron chi connectivity index (χ1n) is 4.53. The summed E-state index contributed by atoms with van der Waals surface area (Å²) in [5.41, 5.74) is 0.344. The van der Waals surface area contributed by atoms with Gasteiger partial charge in [0.2, 0.25) is 0 Å². The van der Waals surface area contributed by atoms with Gasteiger partial charge in [0.05, 0.1) is 6.61 Å². The van der Waals surface area contributed by atoms with Crippen LogP contribution in [0, 0.1) is 6.92 Å². The Morgan fingerprint density at radius 1 is 1.59 bits per heavy atom. The number of ether oxygens (including phenoxy) is 1. The van der Waals surface area contributed by atoms with Crippen molar-refractivity contribution in [3.05, 3.63) is 15.8 Å². The van der Waals surface area contributed by atoms with E-state index >= 15 is 0 Å². The van der Waals surface area contributed by atoms with Gasteiger partial charge in [0.15, 0.2) is 0 Å². The van der Waals surface area contributed by atoms with Crippen LogP contribution in [0.5, 0.6) is 0 Å². The van der Waals surface area contributed by atoms with E-state index in [2.05, 4.69) is 4.40 Å². The highest BCUT2D eigenvalue weighted by Gasteiger charge is 2.27. The third kappa shape index (κ3) is 2.79. The summed E-state index contributed by atoms with van der Waals surface area (Å²) in [6, 6.07) is 0. The molecule has 0 aliphatic carbocycles.